The van der Waals surface area contributed by atoms with Gasteiger partial charge in [-0.2, -0.15) is 15.8 Å². The highest BCUT2D eigenvalue weighted by Gasteiger charge is 2.39. The van der Waals surface area contributed by atoms with Crippen LogP contribution in [0.4, 0.5) is 17.2 Å². The summed E-state index contributed by atoms with van der Waals surface area (Å²) in [4.78, 5) is 25.0. The van der Waals surface area contributed by atoms with Gasteiger partial charge in [0.05, 0.1) is 0 Å². The molecule has 3 aromatic rings. The number of carbonyl (C=O) groups excluding carboxylic acids is 1. The Kier molecular flexibility index (Phi) is 4.15. The third kappa shape index (κ3) is 3.01. The quantitative estimate of drug-likeness (QED) is 0.314. The first-order chi connectivity index (χ1) is 13.3. The molecule has 0 aliphatic carbocycles. The molecule has 9 heteroatoms. The third-order valence-corrected chi connectivity index (χ3v) is 5.24. The van der Waals surface area contributed by atoms with Crippen LogP contribution in [-0.4, -0.2) is 36.8 Å². The number of aromatic nitrogens is 2. The molecule has 4 rings (SSSR count). The summed E-state index contributed by atoms with van der Waals surface area (Å²) < 4.78 is 23.1. The molecule has 1 aliphatic heterocycles. The molecule has 0 spiro atoms. The number of nitrogens with two attached hydrogens (primary N) is 1. The summed E-state index contributed by atoms with van der Waals surface area (Å²) in [6.45, 7) is 0. The van der Waals surface area contributed by atoms with Crippen LogP contribution in [0.5, 0.6) is 0 Å². The number of nitrogens with zero attached hydrogens (tertiary/aromatic N) is 4. The van der Waals surface area contributed by atoms with Crippen molar-refractivity contribution in [2.45, 2.75) is 5.16 Å². The fraction of sp³-hybridized carbons (Fsp3) is 0.0526. The van der Waals surface area contributed by atoms with Gasteiger partial charge in [-0.15, -0.1) is 4.59 Å². The van der Waals surface area contributed by atoms with Crippen LogP contribution in [-0.2, 0) is 9.84 Å². The molecule has 0 radical (unpaired) electrons. The fourth-order valence-electron chi connectivity index (χ4n) is 2.94. The average molecular weight is 394 g/mol. The van der Waals surface area contributed by atoms with E-state index in [1.807, 2.05) is 6.07 Å². The molecule has 0 bridgehead atoms. The van der Waals surface area contributed by atoms with E-state index in [2.05, 4.69) is 15.0 Å². The smallest absolute Gasteiger partial charge is 0.262 e. The lowest BCUT2D eigenvalue weighted by molar-refractivity contribution is 0.103. The Morgan fingerprint density at radius 2 is 1.79 bits per heavy atom. The molecule has 28 heavy (non-hydrogen) atoms. The normalized spacial score (nSPS) is 18.1. The van der Waals surface area contributed by atoms with Crippen molar-refractivity contribution < 1.29 is 13.2 Å². The van der Waals surface area contributed by atoms with Gasteiger partial charge in [0.25, 0.3) is 11.0 Å². The summed E-state index contributed by atoms with van der Waals surface area (Å²) >= 11 is 0. The Hall–Kier alpha value is -3.27. The Morgan fingerprint density at radius 3 is 2.50 bits per heavy atom. The van der Waals surface area contributed by atoms with Gasteiger partial charge in [0.1, 0.15) is 5.69 Å². The van der Waals surface area contributed by atoms with Crippen LogP contribution in [0, 0.1) is 0 Å². The Labute approximate surface area is 161 Å². The van der Waals surface area contributed by atoms with E-state index in [0.717, 1.165) is 6.26 Å². The predicted octanol–water partition coefficient (Wildman–Crippen LogP) is 2.30. The third-order valence-electron chi connectivity index (χ3n) is 4.38. The first-order valence-electron chi connectivity index (χ1n) is 8.29. The Bertz CT molecular complexity index is 1230. The molecule has 1 aliphatic rings. The van der Waals surface area contributed by atoms with Gasteiger partial charge in [-0.05, 0) is 12.1 Å². The number of carbonyl (C=O) groups is 1. The molecule has 0 saturated heterocycles. The van der Waals surface area contributed by atoms with Gasteiger partial charge in [0, 0.05) is 35.7 Å². The van der Waals surface area contributed by atoms with Gasteiger partial charge in [0.15, 0.2) is 11.5 Å². The van der Waals surface area contributed by atoms with Crippen molar-refractivity contribution in [1.29, 1.82) is 0 Å². The highest BCUT2D eigenvalue weighted by Crippen LogP contribution is 2.41. The molecule has 1 unspecified atom stereocenters. The lowest BCUT2D eigenvalue weighted by atomic mass is 10.0. The van der Waals surface area contributed by atoms with Crippen molar-refractivity contribution in [2.24, 2.45) is 10.8 Å². The first kappa shape index (κ1) is 18.1. The van der Waals surface area contributed by atoms with Crippen molar-refractivity contribution >= 4 is 39.2 Å². The van der Waals surface area contributed by atoms with Crippen LogP contribution in [0.3, 0.4) is 0 Å². The number of fused-ring (bicyclic) bond motifs is 1. The van der Waals surface area contributed by atoms with Gasteiger partial charge in [-0.1, -0.05) is 30.3 Å². The highest BCUT2D eigenvalue weighted by atomic mass is 32.2. The van der Waals surface area contributed by atoms with Gasteiger partial charge < -0.3 is 0 Å². The van der Waals surface area contributed by atoms with Crippen LogP contribution >= 0.6 is 0 Å². The first-order valence-corrected chi connectivity index (χ1v) is 10.2. The maximum absolute atomic E-state index is 12.8. The van der Waals surface area contributed by atoms with Gasteiger partial charge in [-0.3, -0.25) is 4.79 Å². The minimum absolute atomic E-state index is 0.152. The molecule has 1 atom stereocenters. The van der Waals surface area contributed by atoms with E-state index in [1.165, 1.54) is 18.6 Å². The van der Waals surface area contributed by atoms with Gasteiger partial charge >= 0.3 is 0 Å². The number of benzene rings is 2. The highest BCUT2D eigenvalue weighted by molar-refractivity contribution is 7.90. The Balaban J connectivity index is 1.80. The zero-order valence-corrected chi connectivity index (χ0v) is 15.7. The molecule has 2 heterocycles. The molecule has 1 aromatic heterocycles. The van der Waals surface area contributed by atoms with Crippen molar-refractivity contribution in [3.63, 3.8) is 0 Å². The van der Waals surface area contributed by atoms with Crippen molar-refractivity contribution in [1.82, 2.24) is 14.6 Å². The molecule has 0 fully saturated rings. The van der Waals surface area contributed by atoms with E-state index in [0.29, 0.717) is 22.5 Å². The van der Waals surface area contributed by atoms with Crippen molar-refractivity contribution in [3.8, 4) is 0 Å². The maximum atomic E-state index is 12.8. The van der Waals surface area contributed by atoms with Crippen LogP contribution < -0.4 is 10.4 Å². The maximum Gasteiger partial charge on any atom is 0.262 e. The SMILES string of the molecule is CS(=O)(=O)c1nccc([N+]2(N)C=Nc3ccc(C(=O)c4ccccc4)cc32)n1. The van der Waals surface area contributed by atoms with Gasteiger partial charge in [-0.25, -0.2) is 13.4 Å². The van der Waals surface area contributed by atoms with Crippen LogP contribution in [0.15, 0.2) is 70.9 Å². The molecule has 140 valence electrons. The van der Waals surface area contributed by atoms with E-state index in [9.17, 15) is 13.2 Å². The van der Waals surface area contributed by atoms with E-state index in [-0.39, 0.29) is 16.8 Å². The predicted molar refractivity (Wildman–Crippen MR) is 105 cm³/mol. The molecular weight excluding hydrogens is 378 g/mol. The molecule has 8 nitrogen and oxygen atoms in total. The summed E-state index contributed by atoms with van der Waals surface area (Å²) in [7, 11) is -3.60. The largest absolute Gasteiger partial charge is 0.289 e. The molecule has 0 saturated carbocycles. The second kappa shape index (κ2) is 6.41. The van der Waals surface area contributed by atoms with Crippen LogP contribution in [0.2, 0.25) is 0 Å². The van der Waals surface area contributed by atoms with Crippen LogP contribution in [0.25, 0.3) is 0 Å². The molecule has 2 aromatic carbocycles. The van der Waals surface area contributed by atoms with E-state index >= 15 is 0 Å². The molecule has 0 amide bonds. The topological polar surface area (TPSA) is 115 Å². The minimum Gasteiger partial charge on any atom is -0.289 e. The van der Waals surface area contributed by atoms with Crippen LogP contribution in [0.1, 0.15) is 15.9 Å². The number of ketones is 1. The second-order valence-electron chi connectivity index (χ2n) is 6.39. The van der Waals surface area contributed by atoms with E-state index in [4.69, 9.17) is 5.84 Å². The monoisotopic (exact) mass is 394 g/mol. The number of hydrogen-bond donors (Lipinski definition) is 1. The summed E-state index contributed by atoms with van der Waals surface area (Å²) in [6, 6.07) is 15.4. The molecular formula is C19H16N5O3S+. The number of quaternary nitrogens is 1. The minimum atomic E-state index is -3.60. The standard InChI is InChI=1S/C19H16N5O3S/c1-28(26,27)19-21-10-9-17(23-19)24(20)12-22-15-8-7-14(11-16(15)24)18(25)13-5-3-2-4-6-13/h2-12H,20H2,1H3/q+1. The van der Waals surface area contributed by atoms with E-state index in [1.54, 1.807) is 42.5 Å². The summed E-state index contributed by atoms with van der Waals surface area (Å²) in [5.41, 5.74) is 2.09. The summed E-state index contributed by atoms with van der Waals surface area (Å²) in [6.07, 6.45) is 3.79. The second-order valence-corrected chi connectivity index (χ2v) is 8.30. The zero-order chi connectivity index (χ0) is 19.9. The lowest BCUT2D eigenvalue weighted by Gasteiger charge is -2.22. The van der Waals surface area contributed by atoms with E-state index < -0.39 is 14.4 Å². The fourth-order valence-corrected chi connectivity index (χ4v) is 3.45. The molecule has 2 N–H and O–H groups in total. The summed E-state index contributed by atoms with van der Waals surface area (Å²) in [5, 5.41) is -0.327. The number of rotatable bonds is 4. The number of sulfone groups is 1. The zero-order valence-electron chi connectivity index (χ0n) is 14.9. The number of aliphatic imine (C=N–C) groups is 1. The van der Waals surface area contributed by atoms with Crippen molar-refractivity contribution in [3.05, 3.63) is 71.9 Å². The lowest BCUT2D eigenvalue weighted by Crippen LogP contribution is -2.49. The van der Waals surface area contributed by atoms with Crippen molar-refractivity contribution in [2.75, 3.05) is 6.26 Å². The number of hydrogen-bond acceptors (Lipinski definition) is 7. The average Bonchev–Trinajstić information content (AvgIpc) is 3.05. The Morgan fingerprint density at radius 1 is 1.04 bits per heavy atom. The summed E-state index contributed by atoms with van der Waals surface area (Å²) in [5.74, 6) is 6.58. The van der Waals surface area contributed by atoms with Gasteiger partial charge in [0.2, 0.25) is 16.2 Å².